The second-order valence-corrected chi connectivity index (χ2v) is 5.71. The molecule has 1 atom stereocenters. The zero-order valence-electron chi connectivity index (χ0n) is 9.13. The molecule has 1 N–H and O–H groups in total. The Bertz CT molecular complexity index is 376. The predicted octanol–water partition coefficient (Wildman–Crippen LogP) is 1.63. The van der Waals surface area contributed by atoms with Crippen molar-refractivity contribution in [3.05, 3.63) is 11.1 Å². The fraction of sp³-hybridized carbons (Fsp3) is 0.600. The third-order valence-electron chi connectivity index (χ3n) is 2.23. The van der Waals surface area contributed by atoms with Crippen LogP contribution in [-0.4, -0.2) is 41.3 Å². The predicted molar refractivity (Wildman–Crippen MR) is 64.5 cm³/mol. The Morgan fingerprint density at radius 2 is 2.59 bits per heavy atom. The molecule has 0 amide bonds. The minimum Gasteiger partial charge on any atom is -0.481 e. The van der Waals surface area contributed by atoms with E-state index in [0.29, 0.717) is 12.5 Å². The molecule has 0 bridgehead atoms. The number of carbonyl (C=O) groups is 1. The fourth-order valence-corrected chi connectivity index (χ4v) is 3.32. The molecular weight excluding hydrogens is 262 g/mol. The summed E-state index contributed by atoms with van der Waals surface area (Å²) < 4.78 is 11.4. The molecule has 0 spiro atoms. The molecule has 1 aromatic heterocycles. The summed E-state index contributed by atoms with van der Waals surface area (Å²) in [6.07, 6.45) is 1.10. The molecule has 1 aromatic rings. The van der Waals surface area contributed by atoms with Crippen LogP contribution < -0.4 is 0 Å². The molecule has 1 aliphatic heterocycles. The van der Waals surface area contributed by atoms with Gasteiger partial charge in [-0.3, -0.25) is 4.79 Å². The van der Waals surface area contributed by atoms with Gasteiger partial charge in [0, 0.05) is 11.1 Å². The van der Waals surface area contributed by atoms with Crippen molar-refractivity contribution in [1.29, 1.82) is 0 Å². The number of carboxylic acids is 1. The van der Waals surface area contributed by atoms with Gasteiger partial charge < -0.3 is 14.6 Å². The van der Waals surface area contributed by atoms with Gasteiger partial charge >= 0.3 is 5.97 Å². The molecule has 0 radical (unpaired) electrons. The average molecular weight is 275 g/mol. The molecule has 7 heteroatoms. The van der Waals surface area contributed by atoms with Gasteiger partial charge in [0.25, 0.3) is 0 Å². The quantitative estimate of drug-likeness (QED) is 0.824. The first-order chi connectivity index (χ1) is 8.24. The van der Waals surface area contributed by atoms with Crippen LogP contribution in [0, 0.1) is 0 Å². The second kappa shape index (κ2) is 6.34. The largest absolute Gasteiger partial charge is 0.481 e. The minimum absolute atomic E-state index is 0.00910. The number of aliphatic carboxylic acids is 1. The van der Waals surface area contributed by atoms with E-state index in [9.17, 15) is 4.79 Å². The SMILES string of the molecule is O=C(O)Cc1csc(SCC2CCOCO2)n1. The van der Waals surface area contributed by atoms with Gasteiger partial charge in [-0.1, -0.05) is 11.8 Å². The first kappa shape index (κ1) is 12.8. The number of rotatable bonds is 5. The van der Waals surface area contributed by atoms with Gasteiger partial charge in [0.05, 0.1) is 24.8 Å². The summed E-state index contributed by atoms with van der Waals surface area (Å²) in [7, 11) is 0. The number of nitrogens with zero attached hydrogens (tertiary/aromatic N) is 1. The zero-order chi connectivity index (χ0) is 12.1. The van der Waals surface area contributed by atoms with Crippen LogP contribution in [0.3, 0.4) is 0 Å². The van der Waals surface area contributed by atoms with E-state index < -0.39 is 5.97 Å². The van der Waals surface area contributed by atoms with Crippen LogP contribution in [0.15, 0.2) is 9.72 Å². The maximum atomic E-state index is 10.5. The van der Waals surface area contributed by atoms with Crippen molar-refractivity contribution in [2.24, 2.45) is 0 Å². The molecule has 0 saturated carbocycles. The Kier molecular flexibility index (Phi) is 4.78. The first-order valence-electron chi connectivity index (χ1n) is 5.22. The molecule has 94 valence electrons. The summed E-state index contributed by atoms with van der Waals surface area (Å²) in [4.78, 5) is 14.8. The van der Waals surface area contributed by atoms with Crippen LogP contribution in [0.4, 0.5) is 0 Å². The molecule has 0 aliphatic carbocycles. The van der Waals surface area contributed by atoms with Gasteiger partial charge in [-0.15, -0.1) is 11.3 Å². The minimum atomic E-state index is -0.848. The van der Waals surface area contributed by atoms with Gasteiger partial charge in [-0.05, 0) is 6.42 Å². The van der Waals surface area contributed by atoms with Crippen LogP contribution in [0.1, 0.15) is 12.1 Å². The number of thioether (sulfide) groups is 1. The second-order valence-electron chi connectivity index (χ2n) is 3.59. The van der Waals surface area contributed by atoms with Crippen molar-refractivity contribution in [3.63, 3.8) is 0 Å². The summed E-state index contributed by atoms with van der Waals surface area (Å²) >= 11 is 3.09. The number of thiazole rings is 1. The number of hydrogen-bond donors (Lipinski definition) is 1. The van der Waals surface area contributed by atoms with Gasteiger partial charge in [0.1, 0.15) is 11.1 Å². The third kappa shape index (κ3) is 4.27. The van der Waals surface area contributed by atoms with E-state index in [1.54, 1.807) is 17.1 Å². The van der Waals surface area contributed by atoms with Crippen LogP contribution in [0.5, 0.6) is 0 Å². The Labute approximate surface area is 107 Å². The van der Waals surface area contributed by atoms with Crippen LogP contribution in [0.25, 0.3) is 0 Å². The summed E-state index contributed by atoms with van der Waals surface area (Å²) in [5.41, 5.74) is 0.623. The summed E-state index contributed by atoms with van der Waals surface area (Å²) in [5.74, 6) is -0.0109. The molecule has 1 aliphatic rings. The van der Waals surface area contributed by atoms with Crippen molar-refractivity contribution in [2.45, 2.75) is 23.3 Å². The normalized spacial score (nSPS) is 20.4. The Hall–Kier alpha value is -0.630. The topological polar surface area (TPSA) is 68.7 Å². The molecule has 2 rings (SSSR count). The molecule has 2 heterocycles. The lowest BCUT2D eigenvalue weighted by Crippen LogP contribution is -2.25. The maximum absolute atomic E-state index is 10.5. The van der Waals surface area contributed by atoms with Crippen LogP contribution in [0.2, 0.25) is 0 Å². The number of carboxylic acid groups (broad SMARTS) is 1. The first-order valence-corrected chi connectivity index (χ1v) is 7.09. The Morgan fingerprint density at radius 3 is 3.29 bits per heavy atom. The lowest BCUT2D eigenvalue weighted by atomic mass is 10.3. The lowest BCUT2D eigenvalue weighted by molar-refractivity contribution is -0.136. The number of ether oxygens (including phenoxy) is 2. The molecule has 1 saturated heterocycles. The van der Waals surface area contributed by atoms with Crippen molar-refractivity contribution in [2.75, 3.05) is 19.2 Å². The van der Waals surface area contributed by atoms with E-state index in [1.165, 1.54) is 11.3 Å². The van der Waals surface area contributed by atoms with E-state index in [4.69, 9.17) is 14.6 Å². The Morgan fingerprint density at radius 1 is 1.71 bits per heavy atom. The van der Waals surface area contributed by atoms with Crippen molar-refractivity contribution in [1.82, 2.24) is 4.98 Å². The van der Waals surface area contributed by atoms with Gasteiger partial charge in [0.15, 0.2) is 0 Å². The van der Waals surface area contributed by atoms with Gasteiger partial charge in [-0.2, -0.15) is 0 Å². The number of aromatic nitrogens is 1. The average Bonchev–Trinajstić information content (AvgIpc) is 2.75. The van der Waals surface area contributed by atoms with E-state index in [0.717, 1.165) is 23.1 Å². The highest BCUT2D eigenvalue weighted by atomic mass is 32.2. The standard InChI is InChI=1S/C10H13NO4S2/c12-9(13)3-7-4-16-10(11-7)17-5-8-1-2-14-6-15-8/h4,8H,1-3,5-6H2,(H,12,13). The maximum Gasteiger partial charge on any atom is 0.309 e. The molecule has 5 nitrogen and oxygen atoms in total. The van der Waals surface area contributed by atoms with Gasteiger partial charge in [0.2, 0.25) is 0 Å². The third-order valence-corrected chi connectivity index (χ3v) is 4.43. The van der Waals surface area contributed by atoms with E-state index >= 15 is 0 Å². The summed E-state index contributed by atoms with van der Waals surface area (Å²) in [5, 5.41) is 10.4. The highest BCUT2D eigenvalue weighted by Gasteiger charge is 2.15. The van der Waals surface area contributed by atoms with E-state index in [-0.39, 0.29) is 12.5 Å². The molecule has 17 heavy (non-hydrogen) atoms. The molecule has 1 unspecified atom stereocenters. The summed E-state index contributed by atoms with van der Waals surface area (Å²) in [6, 6.07) is 0. The zero-order valence-corrected chi connectivity index (χ0v) is 10.8. The number of hydrogen-bond acceptors (Lipinski definition) is 6. The lowest BCUT2D eigenvalue weighted by Gasteiger charge is -2.21. The molecule has 1 fully saturated rings. The fourth-order valence-electron chi connectivity index (χ4n) is 1.39. The van der Waals surface area contributed by atoms with Crippen molar-refractivity contribution in [3.8, 4) is 0 Å². The van der Waals surface area contributed by atoms with Crippen molar-refractivity contribution < 1.29 is 19.4 Å². The smallest absolute Gasteiger partial charge is 0.309 e. The highest BCUT2D eigenvalue weighted by Crippen LogP contribution is 2.25. The molecular formula is C10H13NO4S2. The monoisotopic (exact) mass is 275 g/mol. The van der Waals surface area contributed by atoms with Crippen LogP contribution in [-0.2, 0) is 20.7 Å². The highest BCUT2D eigenvalue weighted by molar-refractivity contribution is 8.01. The summed E-state index contributed by atoms with van der Waals surface area (Å²) in [6.45, 7) is 1.11. The Balaban J connectivity index is 1.78. The van der Waals surface area contributed by atoms with E-state index in [2.05, 4.69) is 4.98 Å². The van der Waals surface area contributed by atoms with E-state index in [1.807, 2.05) is 0 Å². The van der Waals surface area contributed by atoms with Gasteiger partial charge in [-0.25, -0.2) is 4.98 Å². The van der Waals surface area contributed by atoms with Crippen LogP contribution >= 0.6 is 23.1 Å². The molecule has 0 aromatic carbocycles. The van der Waals surface area contributed by atoms with Crippen molar-refractivity contribution >= 4 is 29.1 Å².